The van der Waals surface area contributed by atoms with Crippen LogP contribution in [0.25, 0.3) is 10.8 Å². The molecule has 0 aliphatic heterocycles. The molecular formula is C10H7NO4S. The molecule has 0 saturated heterocycles. The summed E-state index contributed by atoms with van der Waals surface area (Å²) in [5.41, 5.74) is 0. The summed E-state index contributed by atoms with van der Waals surface area (Å²) in [6, 6.07) is 11.6. The van der Waals surface area contributed by atoms with Gasteiger partial charge in [-0.05, 0) is 11.5 Å². The Hall–Kier alpha value is -1.95. The molecule has 0 aliphatic rings. The van der Waals surface area contributed by atoms with E-state index in [4.69, 9.17) is 0 Å². The Morgan fingerprint density at radius 2 is 1.69 bits per heavy atom. The number of hydrogen-bond acceptors (Lipinski definition) is 5. The lowest BCUT2D eigenvalue weighted by molar-refractivity contribution is 0.334. The molecule has 6 heteroatoms. The second-order valence-corrected chi connectivity index (χ2v) is 4.58. The Bertz CT molecular complexity index is 631. The van der Waals surface area contributed by atoms with Gasteiger partial charge in [0.05, 0.1) is 0 Å². The van der Waals surface area contributed by atoms with Gasteiger partial charge in [-0.2, -0.15) is 8.42 Å². The second kappa shape index (κ2) is 3.90. The molecule has 0 spiro atoms. The monoisotopic (exact) mass is 237 g/mol. The zero-order valence-electron chi connectivity index (χ0n) is 8.03. The number of benzene rings is 2. The summed E-state index contributed by atoms with van der Waals surface area (Å²) in [4.78, 5) is 9.81. The highest BCUT2D eigenvalue weighted by molar-refractivity contribution is 7.87. The molecule has 0 N–H and O–H groups in total. The van der Waals surface area contributed by atoms with Crippen molar-refractivity contribution < 1.29 is 12.7 Å². The van der Waals surface area contributed by atoms with E-state index in [0.29, 0.717) is 5.39 Å². The van der Waals surface area contributed by atoms with Gasteiger partial charge < -0.3 is 0 Å². The molecule has 0 aliphatic carbocycles. The van der Waals surface area contributed by atoms with E-state index in [-0.39, 0.29) is 4.90 Å². The summed E-state index contributed by atoms with van der Waals surface area (Å²) in [6.45, 7) is 0. The maximum atomic E-state index is 11.5. The van der Waals surface area contributed by atoms with Crippen LogP contribution in [0.3, 0.4) is 0 Å². The minimum absolute atomic E-state index is 0.0646. The zero-order valence-corrected chi connectivity index (χ0v) is 8.85. The van der Waals surface area contributed by atoms with Crippen molar-refractivity contribution in [3.05, 3.63) is 47.4 Å². The van der Waals surface area contributed by atoms with Crippen LogP contribution in [0, 0.1) is 4.91 Å². The van der Waals surface area contributed by atoms with Gasteiger partial charge in [-0.3, -0.25) is 0 Å². The summed E-state index contributed by atoms with van der Waals surface area (Å²) in [5.74, 6) is 0. The Kier molecular flexibility index (Phi) is 2.57. The first-order chi connectivity index (χ1) is 7.65. The van der Waals surface area contributed by atoms with Gasteiger partial charge in [0, 0.05) is 5.39 Å². The molecule has 0 saturated carbocycles. The van der Waals surface area contributed by atoms with E-state index in [1.165, 1.54) is 6.07 Å². The lowest BCUT2D eigenvalue weighted by Gasteiger charge is -2.03. The lowest BCUT2D eigenvalue weighted by Crippen LogP contribution is -2.02. The van der Waals surface area contributed by atoms with Crippen molar-refractivity contribution in [1.82, 2.24) is 0 Å². The maximum Gasteiger partial charge on any atom is 0.361 e. The van der Waals surface area contributed by atoms with E-state index < -0.39 is 10.1 Å². The molecule has 2 aromatic carbocycles. The van der Waals surface area contributed by atoms with Gasteiger partial charge in [-0.1, -0.05) is 36.4 Å². The van der Waals surface area contributed by atoms with Crippen LogP contribution in [0.15, 0.2) is 52.7 Å². The van der Waals surface area contributed by atoms with Gasteiger partial charge in [0.15, 0.2) is 5.34 Å². The molecule has 82 valence electrons. The first kappa shape index (κ1) is 10.6. The topological polar surface area (TPSA) is 72.8 Å². The van der Waals surface area contributed by atoms with Gasteiger partial charge >= 0.3 is 10.1 Å². The molecule has 0 fully saturated rings. The molecule has 0 atom stereocenters. The van der Waals surface area contributed by atoms with E-state index in [9.17, 15) is 13.3 Å². The van der Waals surface area contributed by atoms with Crippen molar-refractivity contribution in [2.75, 3.05) is 0 Å². The van der Waals surface area contributed by atoms with E-state index in [1.807, 2.05) is 5.34 Å². The third kappa shape index (κ3) is 1.74. The average molecular weight is 237 g/mol. The van der Waals surface area contributed by atoms with Gasteiger partial charge in [-0.25, -0.2) is 4.28 Å². The van der Waals surface area contributed by atoms with Gasteiger partial charge in [0.25, 0.3) is 0 Å². The number of rotatable bonds is 3. The molecule has 0 radical (unpaired) electrons. The molecule has 2 aromatic rings. The van der Waals surface area contributed by atoms with E-state index in [1.54, 1.807) is 36.4 Å². The van der Waals surface area contributed by atoms with Crippen LogP contribution in [-0.4, -0.2) is 8.42 Å². The first-order valence-corrected chi connectivity index (χ1v) is 5.80. The average Bonchev–Trinajstić information content (AvgIpc) is 2.28. The Labute approximate surface area is 91.7 Å². The van der Waals surface area contributed by atoms with Crippen molar-refractivity contribution in [2.24, 2.45) is 5.34 Å². The number of nitrogens with zero attached hydrogens (tertiary/aromatic N) is 1. The van der Waals surface area contributed by atoms with Crippen molar-refractivity contribution in [1.29, 1.82) is 0 Å². The molecular weight excluding hydrogens is 230 g/mol. The highest BCUT2D eigenvalue weighted by Gasteiger charge is 2.19. The minimum atomic E-state index is -4.12. The fourth-order valence-corrected chi connectivity index (χ4v) is 2.35. The normalized spacial score (nSPS) is 11.2. The molecule has 0 amide bonds. The van der Waals surface area contributed by atoms with E-state index in [0.717, 1.165) is 5.39 Å². The molecule has 2 rings (SSSR count). The molecule has 5 nitrogen and oxygen atoms in total. The van der Waals surface area contributed by atoms with E-state index in [2.05, 4.69) is 4.28 Å². The fraction of sp³-hybridized carbons (Fsp3) is 0. The molecule has 16 heavy (non-hydrogen) atoms. The largest absolute Gasteiger partial charge is 0.361 e. The predicted octanol–water partition coefficient (Wildman–Crippen LogP) is 2.23. The summed E-state index contributed by atoms with van der Waals surface area (Å²) >= 11 is 0. The lowest BCUT2D eigenvalue weighted by atomic mass is 10.1. The summed E-state index contributed by atoms with van der Waals surface area (Å²) in [7, 11) is -4.12. The summed E-state index contributed by atoms with van der Waals surface area (Å²) in [5, 5.41) is 3.19. The van der Waals surface area contributed by atoms with Gasteiger partial charge in [0.1, 0.15) is 4.90 Å². The third-order valence-corrected chi connectivity index (χ3v) is 3.30. The van der Waals surface area contributed by atoms with Crippen LogP contribution >= 0.6 is 0 Å². The van der Waals surface area contributed by atoms with Crippen molar-refractivity contribution >= 4 is 20.9 Å². The standard InChI is InChI=1S/C10H7NO4S/c12-11-15-16(13,14)10-7-3-5-8-4-1-2-6-9(8)10/h1-7H. The van der Waals surface area contributed by atoms with E-state index >= 15 is 0 Å². The summed E-state index contributed by atoms with van der Waals surface area (Å²) in [6.07, 6.45) is 0. The van der Waals surface area contributed by atoms with Crippen LogP contribution in [0.2, 0.25) is 0 Å². The van der Waals surface area contributed by atoms with Gasteiger partial charge in [0.2, 0.25) is 0 Å². The number of fused-ring (bicyclic) bond motifs is 1. The highest BCUT2D eigenvalue weighted by Crippen LogP contribution is 2.24. The maximum absolute atomic E-state index is 11.5. The Morgan fingerprint density at radius 1 is 1.00 bits per heavy atom. The molecule has 0 unspecified atom stereocenters. The summed E-state index contributed by atoms with van der Waals surface area (Å²) < 4.78 is 26.9. The predicted molar refractivity (Wildman–Crippen MR) is 58.0 cm³/mol. The van der Waals surface area contributed by atoms with Gasteiger partial charge in [-0.15, -0.1) is 4.91 Å². The Balaban J connectivity index is 2.75. The zero-order chi connectivity index (χ0) is 11.6. The fourth-order valence-electron chi connectivity index (χ4n) is 1.49. The second-order valence-electron chi connectivity index (χ2n) is 3.08. The smallest absolute Gasteiger partial charge is 0.228 e. The van der Waals surface area contributed by atoms with Crippen molar-refractivity contribution in [3.8, 4) is 0 Å². The van der Waals surface area contributed by atoms with Crippen molar-refractivity contribution in [2.45, 2.75) is 4.90 Å². The molecule has 0 bridgehead atoms. The molecule has 0 aromatic heterocycles. The quantitative estimate of drug-likeness (QED) is 0.606. The first-order valence-electron chi connectivity index (χ1n) is 4.39. The SMILES string of the molecule is O=NOS(=O)(=O)c1cccc2ccccc12. The third-order valence-electron chi connectivity index (χ3n) is 2.15. The van der Waals surface area contributed by atoms with Crippen LogP contribution < -0.4 is 0 Å². The van der Waals surface area contributed by atoms with Crippen LogP contribution in [0.5, 0.6) is 0 Å². The minimum Gasteiger partial charge on any atom is -0.228 e. The number of hydrogen-bond donors (Lipinski definition) is 0. The van der Waals surface area contributed by atoms with Crippen LogP contribution in [-0.2, 0) is 14.4 Å². The van der Waals surface area contributed by atoms with Crippen molar-refractivity contribution in [3.63, 3.8) is 0 Å². The highest BCUT2D eigenvalue weighted by atomic mass is 32.2. The Morgan fingerprint density at radius 3 is 2.44 bits per heavy atom. The van der Waals surface area contributed by atoms with Crippen LogP contribution in [0.1, 0.15) is 0 Å². The van der Waals surface area contributed by atoms with Crippen LogP contribution in [0.4, 0.5) is 0 Å². The molecule has 0 heterocycles.